The molecule has 0 N–H and O–H groups in total. The number of halogens is 2. The molecule has 0 radical (unpaired) electrons. The molecule has 0 aromatic rings. The van der Waals surface area contributed by atoms with Gasteiger partial charge >= 0.3 is 8.56 Å². The summed E-state index contributed by atoms with van der Waals surface area (Å²) < 4.78 is 11.4. The van der Waals surface area contributed by atoms with Crippen molar-refractivity contribution in [2.45, 2.75) is 26.4 Å². The second kappa shape index (κ2) is 7.94. The van der Waals surface area contributed by atoms with Gasteiger partial charge in [0.15, 0.2) is 0 Å². The third-order valence-corrected chi connectivity index (χ3v) is 5.99. The third kappa shape index (κ3) is 5.56. The zero-order valence-corrected chi connectivity index (χ0v) is 11.7. The number of hydrogen-bond donors (Lipinski definition) is 0. The Balaban J connectivity index is 4.17. The fourth-order valence-electron chi connectivity index (χ4n) is 1.44. The van der Waals surface area contributed by atoms with Gasteiger partial charge in [-0.2, -0.15) is 0 Å². The van der Waals surface area contributed by atoms with E-state index in [2.05, 4.69) is 6.55 Å². The van der Waals surface area contributed by atoms with E-state index in [1.807, 2.05) is 13.8 Å². The first-order valence-corrected chi connectivity index (χ1v) is 8.61. The topological polar surface area (TPSA) is 18.5 Å². The minimum atomic E-state index is -2.02. The summed E-state index contributed by atoms with van der Waals surface area (Å²) >= 11 is 11.6. The zero-order chi connectivity index (χ0) is 11.0. The van der Waals surface area contributed by atoms with Crippen LogP contribution in [0, 0.1) is 5.92 Å². The van der Waals surface area contributed by atoms with Gasteiger partial charge in [0.05, 0.1) is 0 Å². The maximum Gasteiger partial charge on any atom is 0.335 e. The molecule has 86 valence electrons. The summed E-state index contributed by atoms with van der Waals surface area (Å²) in [5.41, 5.74) is 0. The van der Waals surface area contributed by atoms with Crippen molar-refractivity contribution < 1.29 is 8.85 Å². The van der Waals surface area contributed by atoms with E-state index in [-0.39, 0.29) is 0 Å². The van der Waals surface area contributed by atoms with E-state index >= 15 is 0 Å². The number of alkyl halides is 2. The molecular formula is C9H20Cl2O2Si. The normalized spacial score (nSPS) is 12.4. The highest BCUT2D eigenvalue weighted by atomic mass is 35.5. The molecule has 0 amide bonds. The van der Waals surface area contributed by atoms with Crippen LogP contribution in [0.3, 0.4) is 0 Å². The van der Waals surface area contributed by atoms with E-state index in [4.69, 9.17) is 32.1 Å². The molecule has 0 aromatic heterocycles. The summed E-state index contributed by atoms with van der Waals surface area (Å²) in [6.07, 6.45) is 0. The van der Waals surface area contributed by atoms with Gasteiger partial charge < -0.3 is 8.85 Å². The molecule has 14 heavy (non-hydrogen) atoms. The van der Waals surface area contributed by atoms with E-state index in [9.17, 15) is 0 Å². The van der Waals surface area contributed by atoms with Gasteiger partial charge in [0, 0.05) is 25.0 Å². The number of hydrogen-bond acceptors (Lipinski definition) is 2. The molecule has 5 heteroatoms. The summed E-state index contributed by atoms with van der Waals surface area (Å²) in [7, 11) is -2.02. The highest BCUT2D eigenvalue weighted by Gasteiger charge is 2.33. The molecule has 0 bridgehead atoms. The van der Waals surface area contributed by atoms with E-state index in [0.29, 0.717) is 30.9 Å². The Bertz CT molecular complexity index is 137. The van der Waals surface area contributed by atoms with Crippen LogP contribution in [0.2, 0.25) is 12.6 Å². The van der Waals surface area contributed by atoms with Gasteiger partial charge in [0.1, 0.15) is 0 Å². The predicted molar refractivity (Wildman–Crippen MR) is 64.6 cm³/mol. The molecule has 0 atom stereocenters. The van der Waals surface area contributed by atoms with Crippen LogP contribution in [-0.4, -0.2) is 33.5 Å². The van der Waals surface area contributed by atoms with E-state index < -0.39 is 8.56 Å². The standard InChI is InChI=1S/C9H20Cl2O2Si/c1-4-12-14(3,13-5-2)8-9(6-10)7-11/h9H,4-8H2,1-3H3. The first kappa shape index (κ1) is 14.7. The van der Waals surface area contributed by atoms with Crippen LogP contribution < -0.4 is 0 Å². The number of rotatable bonds is 8. The Kier molecular flexibility index (Phi) is 8.34. The van der Waals surface area contributed by atoms with Gasteiger partial charge in [-0.05, 0) is 32.4 Å². The first-order valence-electron chi connectivity index (χ1n) is 5.01. The van der Waals surface area contributed by atoms with E-state index in [1.54, 1.807) is 0 Å². The Morgan fingerprint density at radius 3 is 1.79 bits per heavy atom. The minimum absolute atomic E-state index is 0.299. The van der Waals surface area contributed by atoms with Crippen molar-refractivity contribution in [2.75, 3.05) is 25.0 Å². The van der Waals surface area contributed by atoms with Crippen LogP contribution in [0.4, 0.5) is 0 Å². The average Bonchev–Trinajstić information content (AvgIpc) is 2.15. The quantitative estimate of drug-likeness (QED) is 0.492. The van der Waals surface area contributed by atoms with Crippen molar-refractivity contribution in [2.24, 2.45) is 5.92 Å². The highest BCUT2D eigenvalue weighted by molar-refractivity contribution is 6.66. The molecule has 0 rings (SSSR count). The van der Waals surface area contributed by atoms with Crippen molar-refractivity contribution >= 4 is 31.8 Å². The average molecular weight is 259 g/mol. The van der Waals surface area contributed by atoms with Crippen molar-refractivity contribution in [1.29, 1.82) is 0 Å². The van der Waals surface area contributed by atoms with Gasteiger partial charge in [-0.25, -0.2) is 0 Å². The molecule has 0 unspecified atom stereocenters. The lowest BCUT2D eigenvalue weighted by atomic mass is 10.3. The fourth-order valence-corrected chi connectivity index (χ4v) is 5.24. The molecule has 0 heterocycles. The van der Waals surface area contributed by atoms with Crippen molar-refractivity contribution in [3.05, 3.63) is 0 Å². The SMILES string of the molecule is CCO[Si](C)(CC(CCl)CCl)OCC. The molecule has 2 nitrogen and oxygen atoms in total. The maximum atomic E-state index is 5.80. The van der Waals surface area contributed by atoms with E-state index in [0.717, 1.165) is 6.04 Å². The van der Waals surface area contributed by atoms with Gasteiger partial charge in [-0.3, -0.25) is 0 Å². The van der Waals surface area contributed by atoms with E-state index in [1.165, 1.54) is 0 Å². The smallest absolute Gasteiger partial charge is 0.335 e. The lowest BCUT2D eigenvalue weighted by molar-refractivity contribution is 0.185. The van der Waals surface area contributed by atoms with Crippen LogP contribution in [0.15, 0.2) is 0 Å². The Labute approximate surface area is 98.1 Å². The van der Waals surface area contributed by atoms with Crippen LogP contribution >= 0.6 is 23.2 Å². The molecule has 0 fully saturated rings. The highest BCUT2D eigenvalue weighted by Crippen LogP contribution is 2.22. The molecule has 0 saturated carbocycles. The van der Waals surface area contributed by atoms with Gasteiger partial charge in [-0.15, -0.1) is 23.2 Å². The largest absolute Gasteiger partial charge is 0.395 e. The maximum absolute atomic E-state index is 5.80. The van der Waals surface area contributed by atoms with Gasteiger partial charge in [-0.1, -0.05) is 0 Å². The monoisotopic (exact) mass is 258 g/mol. The molecule has 0 aliphatic carbocycles. The van der Waals surface area contributed by atoms with Crippen LogP contribution in [0.25, 0.3) is 0 Å². The predicted octanol–water partition coefficient (Wildman–Crippen LogP) is 3.23. The molecule has 0 spiro atoms. The Morgan fingerprint density at radius 2 is 1.50 bits per heavy atom. The molecule has 0 saturated heterocycles. The molecule has 0 aromatic carbocycles. The Hall–Kier alpha value is 0.717. The lowest BCUT2D eigenvalue weighted by Gasteiger charge is -2.28. The lowest BCUT2D eigenvalue weighted by Crippen LogP contribution is -2.41. The van der Waals surface area contributed by atoms with Crippen molar-refractivity contribution in [3.63, 3.8) is 0 Å². The molecule has 0 aliphatic heterocycles. The third-order valence-electron chi connectivity index (χ3n) is 2.00. The summed E-state index contributed by atoms with van der Waals surface area (Å²) in [5, 5.41) is 0. The fraction of sp³-hybridized carbons (Fsp3) is 1.00. The summed E-state index contributed by atoms with van der Waals surface area (Å²) in [5.74, 6) is 1.45. The minimum Gasteiger partial charge on any atom is -0.395 e. The summed E-state index contributed by atoms with van der Waals surface area (Å²) in [4.78, 5) is 0. The second-order valence-corrected chi connectivity index (χ2v) is 7.25. The summed E-state index contributed by atoms with van der Waals surface area (Å²) in [6, 6.07) is 0.877. The molecular weight excluding hydrogens is 239 g/mol. The van der Waals surface area contributed by atoms with Gasteiger partial charge in [0.25, 0.3) is 0 Å². The molecule has 0 aliphatic rings. The second-order valence-electron chi connectivity index (χ2n) is 3.38. The Morgan fingerprint density at radius 1 is 1.07 bits per heavy atom. The van der Waals surface area contributed by atoms with Crippen LogP contribution in [0.5, 0.6) is 0 Å². The van der Waals surface area contributed by atoms with Crippen LogP contribution in [-0.2, 0) is 8.85 Å². The van der Waals surface area contributed by atoms with Crippen molar-refractivity contribution in [3.8, 4) is 0 Å². The van der Waals surface area contributed by atoms with Crippen LogP contribution in [0.1, 0.15) is 13.8 Å². The summed E-state index contributed by atoms with van der Waals surface area (Å²) in [6.45, 7) is 7.44. The first-order chi connectivity index (χ1) is 6.61. The van der Waals surface area contributed by atoms with Gasteiger partial charge in [0.2, 0.25) is 0 Å². The van der Waals surface area contributed by atoms with Crippen molar-refractivity contribution in [1.82, 2.24) is 0 Å². The zero-order valence-electron chi connectivity index (χ0n) is 9.19.